The summed E-state index contributed by atoms with van der Waals surface area (Å²) in [4.78, 5) is 5.38. The highest BCUT2D eigenvalue weighted by Crippen LogP contribution is 2.31. The smallest absolute Gasteiger partial charge is 0.403 e. The number of benzene rings is 1. The first-order valence-corrected chi connectivity index (χ1v) is 7.83. The van der Waals surface area contributed by atoms with Crippen molar-refractivity contribution in [1.29, 1.82) is 0 Å². The van der Waals surface area contributed by atoms with E-state index in [0.717, 1.165) is 18.3 Å². The minimum Gasteiger partial charge on any atom is -0.403 e. The van der Waals surface area contributed by atoms with Crippen molar-refractivity contribution >= 4 is 5.69 Å². The van der Waals surface area contributed by atoms with Crippen molar-refractivity contribution in [1.82, 2.24) is 4.98 Å². The molecule has 1 fully saturated rings. The fourth-order valence-corrected chi connectivity index (χ4v) is 2.84. The molecule has 26 heavy (non-hydrogen) atoms. The van der Waals surface area contributed by atoms with Gasteiger partial charge in [0.15, 0.2) is 17.4 Å². The molecule has 0 saturated carbocycles. The second-order valence-corrected chi connectivity index (χ2v) is 5.90. The van der Waals surface area contributed by atoms with E-state index in [1.165, 1.54) is 17.0 Å². The molecular weight excluding hydrogens is 362 g/mol. The lowest BCUT2D eigenvalue weighted by molar-refractivity contribution is -0.275. The van der Waals surface area contributed by atoms with Crippen molar-refractivity contribution in [2.45, 2.75) is 25.4 Å². The predicted octanol–water partition coefficient (Wildman–Crippen LogP) is 4.86. The van der Waals surface area contributed by atoms with Gasteiger partial charge in [0.05, 0.1) is 17.6 Å². The molecule has 1 saturated heterocycles. The molecule has 2 aromatic rings. The van der Waals surface area contributed by atoms with Crippen LogP contribution in [0.3, 0.4) is 0 Å². The molecule has 3 nitrogen and oxygen atoms in total. The number of piperidine rings is 1. The second kappa shape index (κ2) is 7.05. The van der Waals surface area contributed by atoms with Crippen molar-refractivity contribution in [2.75, 3.05) is 18.0 Å². The van der Waals surface area contributed by atoms with Gasteiger partial charge in [-0.25, -0.2) is 13.2 Å². The topological polar surface area (TPSA) is 25.4 Å². The molecule has 0 bridgehead atoms. The third-order valence-corrected chi connectivity index (χ3v) is 3.99. The molecule has 140 valence electrons. The largest absolute Gasteiger partial charge is 0.573 e. The Hall–Kier alpha value is -2.45. The van der Waals surface area contributed by atoms with E-state index in [4.69, 9.17) is 0 Å². The normalized spacial score (nSPS) is 18.1. The molecule has 9 heteroatoms. The van der Waals surface area contributed by atoms with Crippen LogP contribution >= 0.6 is 0 Å². The highest BCUT2D eigenvalue weighted by atomic mass is 19.4. The monoisotopic (exact) mass is 376 g/mol. The molecule has 2 heterocycles. The fourth-order valence-electron chi connectivity index (χ4n) is 2.84. The van der Waals surface area contributed by atoms with Gasteiger partial charge < -0.3 is 9.64 Å². The molecule has 1 aromatic carbocycles. The highest BCUT2D eigenvalue weighted by Gasteiger charge is 2.32. The van der Waals surface area contributed by atoms with Gasteiger partial charge in [0.1, 0.15) is 6.17 Å². The number of ether oxygens (including phenoxy) is 1. The zero-order valence-corrected chi connectivity index (χ0v) is 13.4. The lowest BCUT2D eigenvalue weighted by atomic mass is 10.1. The number of nitrogens with zero attached hydrogens (tertiary/aromatic N) is 2. The number of anilines is 1. The number of hydrogen-bond donors (Lipinski definition) is 0. The van der Waals surface area contributed by atoms with Crippen LogP contribution in [0, 0.1) is 11.6 Å². The van der Waals surface area contributed by atoms with Gasteiger partial charge in [0.25, 0.3) is 0 Å². The average molecular weight is 376 g/mol. The number of hydrogen-bond acceptors (Lipinski definition) is 3. The Morgan fingerprint density at radius 3 is 2.54 bits per heavy atom. The Balaban J connectivity index is 1.90. The Bertz CT molecular complexity index is 795. The van der Waals surface area contributed by atoms with E-state index in [1.807, 2.05) is 0 Å². The Morgan fingerprint density at radius 1 is 1.12 bits per heavy atom. The molecule has 0 spiro atoms. The van der Waals surface area contributed by atoms with E-state index in [2.05, 4.69) is 9.72 Å². The number of halogens is 6. The Labute approximate surface area is 145 Å². The van der Waals surface area contributed by atoms with E-state index in [9.17, 15) is 26.3 Å². The van der Waals surface area contributed by atoms with Crippen LogP contribution in [0.1, 0.15) is 12.8 Å². The van der Waals surface area contributed by atoms with Crippen LogP contribution in [-0.4, -0.2) is 30.6 Å². The van der Waals surface area contributed by atoms with Gasteiger partial charge >= 0.3 is 6.36 Å². The first-order valence-electron chi connectivity index (χ1n) is 7.83. The molecule has 0 aliphatic carbocycles. The van der Waals surface area contributed by atoms with Crippen LogP contribution in [0.15, 0.2) is 30.5 Å². The van der Waals surface area contributed by atoms with Gasteiger partial charge in [0, 0.05) is 18.7 Å². The summed E-state index contributed by atoms with van der Waals surface area (Å²) in [5, 5.41) is 0. The van der Waals surface area contributed by atoms with E-state index >= 15 is 0 Å². The van der Waals surface area contributed by atoms with E-state index in [0.29, 0.717) is 19.4 Å². The number of aromatic nitrogens is 1. The fraction of sp³-hybridized carbons (Fsp3) is 0.353. The van der Waals surface area contributed by atoms with Crippen LogP contribution < -0.4 is 9.64 Å². The Kier molecular flexibility index (Phi) is 4.97. The van der Waals surface area contributed by atoms with E-state index < -0.39 is 29.9 Å². The lowest BCUT2D eigenvalue weighted by Crippen LogP contribution is -2.36. The molecule has 0 unspecified atom stereocenters. The number of alkyl halides is 4. The minimum atomic E-state index is -5.01. The standard InChI is InChI=1S/C17H14F6N2O/c18-11-2-1-5-25(9-11)15-7-14(24-8-13(15)20)10-3-4-16(12(19)6-10)26-17(21,22)23/h3-4,6-8,11H,1-2,5,9H2/t11-/m1/s1. The summed E-state index contributed by atoms with van der Waals surface area (Å²) in [6.45, 7) is 0.501. The molecule has 0 N–H and O–H groups in total. The van der Waals surface area contributed by atoms with E-state index in [1.54, 1.807) is 0 Å². The summed E-state index contributed by atoms with van der Waals surface area (Å²) >= 11 is 0. The maximum atomic E-state index is 14.1. The van der Waals surface area contributed by atoms with Crippen LogP contribution in [0.25, 0.3) is 11.3 Å². The molecule has 0 amide bonds. The quantitative estimate of drug-likeness (QED) is 0.715. The zero-order valence-electron chi connectivity index (χ0n) is 13.4. The maximum absolute atomic E-state index is 14.1. The summed E-state index contributed by atoms with van der Waals surface area (Å²) in [5.74, 6) is -2.85. The van der Waals surface area contributed by atoms with Gasteiger partial charge in [-0.3, -0.25) is 4.98 Å². The molecular formula is C17H14F6N2O. The van der Waals surface area contributed by atoms with Crippen molar-refractivity contribution < 1.29 is 31.1 Å². The van der Waals surface area contributed by atoms with Crippen molar-refractivity contribution in [3.63, 3.8) is 0 Å². The van der Waals surface area contributed by atoms with Gasteiger partial charge in [-0.1, -0.05) is 0 Å². The predicted molar refractivity (Wildman–Crippen MR) is 82.6 cm³/mol. The lowest BCUT2D eigenvalue weighted by Gasteiger charge is -2.31. The Morgan fingerprint density at radius 2 is 1.88 bits per heavy atom. The third kappa shape index (κ3) is 4.20. The summed E-state index contributed by atoms with van der Waals surface area (Å²) in [7, 11) is 0. The molecule has 3 rings (SSSR count). The molecule has 1 aliphatic rings. The second-order valence-electron chi connectivity index (χ2n) is 5.90. The van der Waals surface area contributed by atoms with Crippen LogP contribution in [0.2, 0.25) is 0 Å². The van der Waals surface area contributed by atoms with Crippen LogP contribution in [0.5, 0.6) is 5.75 Å². The first-order chi connectivity index (χ1) is 12.2. The van der Waals surface area contributed by atoms with E-state index in [-0.39, 0.29) is 23.5 Å². The maximum Gasteiger partial charge on any atom is 0.573 e. The molecule has 1 aliphatic heterocycles. The van der Waals surface area contributed by atoms with Crippen molar-refractivity contribution in [3.05, 3.63) is 42.1 Å². The van der Waals surface area contributed by atoms with Crippen LogP contribution in [-0.2, 0) is 0 Å². The SMILES string of the molecule is Fc1cc(-c2cc(N3CCC[C@@H](F)C3)c(F)cn2)ccc1OC(F)(F)F. The van der Waals surface area contributed by atoms with Gasteiger partial charge in [-0.2, -0.15) is 0 Å². The van der Waals surface area contributed by atoms with Gasteiger partial charge in [0.2, 0.25) is 0 Å². The average Bonchev–Trinajstić information content (AvgIpc) is 2.56. The van der Waals surface area contributed by atoms with Crippen molar-refractivity contribution in [2.24, 2.45) is 0 Å². The zero-order chi connectivity index (χ0) is 18.9. The first kappa shape index (κ1) is 18.3. The summed E-state index contributed by atoms with van der Waals surface area (Å²) in [5.41, 5.74) is 0.417. The molecule has 1 atom stereocenters. The number of rotatable bonds is 3. The van der Waals surface area contributed by atoms with Crippen molar-refractivity contribution in [3.8, 4) is 17.0 Å². The highest BCUT2D eigenvalue weighted by molar-refractivity contribution is 5.66. The summed E-state index contributed by atoms with van der Waals surface area (Å²) < 4.78 is 81.7. The minimum absolute atomic E-state index is 0.0348. The summed E-state index contributed by atoms with van der Waals surface area (Å²) in [6.07, 6.45) is -4.19. The van der Waals surface area contributed by atoms with Gasteiger partial charge in [-0.15, -0.1) is 13.2 Å². The molecule has 0 radical (unpaired) electrons. The number of pyridine rings is 1. The van der Waals surface area contributed by atoms with Gasteiger partial charge in [-0.05, 0) is 37.1 Å². The summed E-state index contributed by atoms with van der Waals surface area (Å²) in [6, 6.07) is 4.15. The molecule has 1 aromatic heterocycles. The third-order valence-electron chi connectivity index (χ3n) is 3.99. The van der Waals surface area contributed by atoms with Crippen LogP contribution in [0.4, 0.5) is 32.0 Å².